The molecule has 2 amide bonds. The van der Waals surface area contributed by atoms with Gasteiger partial charge in [-0.1, -0.05) is 13.0 Å². The van der Waals surface area contributed by atoms with Gasteiger partial charge in [0.05, 0.1) is 7.11 Å². The van der Waals surface area contributed by atoms with E-state index < -0.39 is 0 Å². The first kappa shape index (κ1) is 16.5. The molecule has 0 heterocycles. The van der Waals surface area contributed by atoms with Crippen LogP contribution in [0.1, 0.15) is 34.1 Å². The lowest BCUT2D eigenvalue weighted by atomic mass is 10.1. The summed E-state index contributed by atoms with van der Waals surface area (Å²) >= 11 is 0. The highest BCUT2D eigenvalue weighted by atomic mass is 16.5. The maximum atomic E-state index is 12.3. The maximum Gasteiger partial charge on any atom is 0.255 e. The van der Waals surface area contributed by atoms with Gasteiger partial charge in [0.2, 0.25) is 0 Å². The van der Waals surface area contributed by atoms with E-state index in [4.69, 9.17) is 4.74 Å². The van der Waals surface area contributed by atoms with Gasteiger partial charge in [-0.2, -0.15) is 0 Å². The molecule has 5 nitrogen and oxygen atoms in total. The molecule has 2 N–H and O–H groups in total. The quantitative estimate of drug-likeness (QED) is 0.861. The molecular formula is C18H20N2O3. The van der Waals surface area contributed by atoms with Crippen LogP contribution in [0.3, 0.4) is 0 Å². The first-order valence-electron chi connectivity index (χ1n) is 7.47. The molecule has 120 valence electrons. The van der Waals surface area contributed by atoms with Crippen molar-refractivity contribution in [2.75, 3.05) is 19.0 Å². The number of amides is 2. The van der Waals surface area contributed by atoms with Gasteiger partial charge in [-0.25, -0.2) is 0 Å². The third-order valence-corrected chi connectivity index (χ3v) is 3.27. The first-order chi connectivity index (χ1) is 11.1. The molecule has 23 heavy (non-hydrogen) atoms. The van der Waals surface area contributed by atoms with E-state index in [1.807, 2.05) is 6.92 Å². The molecule has 2 aromatic rings. The van der Waals surface area contributed by atoms with Gasteiger partial charge >= 0.3 is 0 Å². The van der Waals surface area contributed by atoms with E-state index >= 15 is 0 Å². The lowest BCUT2D eigenvalue weighted by Gasteiger charge is -2.08. The zero-order chi connectivity index (χ0) is 16.7. The summed E-state index contributed by atoms with van der Waals surface area (Å²) in [6.07, 6.45) is 0.864. The highest BCUT2D eigenvalue weighted by molar-refractivity contribution is 6.06. The van der Waals surface area contributed by atoms with Gasteiger partial charge in [-0.05, 0) is 48.9 Å². The molecule has 0 aliphatic heterocycles. The van der Waals surface area contributed by atoms with Crippen LogP contribution >= 0.6 is 0 Å². The van der Waals surface area contributed by atoms with Crippen molar-refractivity contribution in [3.05, 3.63) is 59.7 Å². The van der Waals surface area contributed by atoms with Gasteiger partial charge in [-0.3, -0.25) is 9.59 Å². The molecule has 0 unspecified atom stereocenters. The molecule has 0 aliphatic rings. The fraction of sp³-hybridized carbons (Fsp3) is 0.222. The Morgan fingerprint density at radius 1 is 1.00 bits per heavy atom. The van der Waals surface area contributed by atoms with Crippen molar-refractivity contribution in [1.82, 2.24) is 5.32 Å². The zero-order valence-electron chi connectivity index (χ0n) is 13.3. The van der Waals surface area contributed by atoms with Crippen molar-refractivity contribution in [3.63, 3.8) is 0 Å². The van der Waals surface area contributed by atoms with Gasteiger partial charge in [0, 0.05) is 23.4 Å². The summed E-state index contributed by atoms with van der Waals surface area (Å²) in [4.78, 5) is 24.2. The van der Waals surface area contributed by atoms with Gasteiger partial charge in [0.1, 0.15) is 5.75 Å². The van der Waals surface area contributed by atoms with Crippen LogP contribution in [0.4, 0.5) is 5.69 Å². The number of benzene rings is 2. The molecule has 2 rings (SSSR count). The fourth-order valence-corrected chi connectivity index (χ4v) is 2.02. The van der Waals surface area contributed by atoms with E-state index in [2.05, 4.69) is 10.6 Å². The number of hydrogen-bond donors (Lipinski definition) is 2. The molecule has 0 saturated carbocycles. The summed E-state index contributed by atoms with van der Waals surface area (Å²) < 4.78 is 5.08. The van der Waals surface area contributed by atoms with E-state index in [0.717, 1.165) is 12.2 Å². The minimum absolute atomic E-state index is 0.175. The highest BCUT2D eigenvalue weighted by Crippen LogP contribution is 2.16. The molecule has 0 aliphatic carbocycles. The van der Waals surface area contributed by atoms with E-state index in [1.54, 1.807) is 55.6 Å². The largest absolute Gasteiger partial charge is 0.497 e. The van der Waals surface area contributed by atoms with Crippen LogP contribution in [0.15, 0.2) is 48.5 Å². The Morgan fingerprint density at radius 3 is 2.26 bits per heavy atom. The predicted octanol–water partition coefficient (Wildman–Crippen LogP) is 3.09. The molecule has 0 fully saturated rings. The minimum Gasteiger partial charge on any atom is -0.497 e. The van der Waals surface area contributed by atoms with Gasteiger partial charge in [0.25, 0.3) is 11.8 Å². The molecule has 2 aromatic carbocycles. The third-order valence-electron chi connectivity index (χ3n) is 3.27. The Kier molecular flexibility index (Phi) is 5.74. The first-order valence-corrected chi connectivity index (χ1v) is 7.47. The number of anilines is 1. The van der Waals surface area contributed by atoms with Crippen LogP contribution in [0.5, 0.6) is 5.75 Å². The average Bonchev–Trinajstić information content (AvgIpc) is 2.60. The van der Waals surface area contributed by atoms with Crippen LogP contribution < -0.4 is 15.4 Å². The minimum atomic E-state index is -0.264. The van der Waals surface area contributed by atoms with Crippen LogP contribution in [-0.4, -0.2) is 25.5 Å². The van der Waals surface area contributed by atoms with Crippen LogP contribution in [-0.2, 0) is 0 Å². The van der Waals surface area contributed by atoms with Crippen LogP contribution in [0.25, 0.3) is 0 Å². The Hall–Kier alpha value is -2.82. The number of nitrogens with one attached hydrogen (secondary N) is 2. The van der Waals surface area contributed by atoms with Crippen molar-refractivity contribution in [1.29, 1.82) is 0 Å². The molecule has 5 heteroatoms. The van der Waals surface area contributed by atoms with Crippen LogP contribution in [0, 0.1) is 0 Å². The monoisotopic (exact) mass is 312 g/mol. The van der Waals surface area contributed by atoms with Gasteiger partial charge in [-0.15, -0.1) is 0 Å². The predicted molar refractivity (Wildman–Crippen MR) is 90.0 cm³/mol. The second kappa shape index (κ2) is 7.98. The van der Waals surface area contributed by atoms with E-state index in [1.165, 1.54) is 0 Å². The van der Waals surface area contributed by atoms with Crippen molar-refractivity contribution in [3.8, 4) is 5.75 Å². The molecular weight excluding hydrogens is 292 g/mol. The fourth-order valence-electron chi connectivity index (χ4n) is 2.02. The molecule has 0 bridgehead atoms. The Bertz CT molecular complexity index is 681. The zero-order valence-corrected chi connectivity index (χ0v) is 13.3. The second-order valence-electron chi connectivity index (χ2n) is 5.02. The summed E-state index contributed by atoms with van der Waals surface area (Å²) in [6, 6.07) is 13.7. The van der Waals surface area contributed by atoms with Crippen molar-refractivity contribution in [2.45, 2.75) is 13.3 Å². The Labute approximate surface area is 135 Å². The standard InChI is InChI=1S/C18H20N2O3/c1-3-11-19-17(21)13-5-4-6-14(12-13)18(22)20-15-7-9-16(23-2)10-8-15/h4-10,12H,3,11H2,1-2H3,(H,19,21)(H,20,22). The lowest BCUT2D eigenvalue weighted by Crippen LogP contribution is -2.24. The Balaban J connectivity index is 2.08. The molecule has 0 atom stereocenters. The summed E-state index contributed by atoms with van der Waals surface area (Å²) in [7, 11) is 1.59. The SMILES string of the molecule is CCCNC(=O)c1cccc(C(=O)Nc2ccc(OC)cc2)c1. The van der Waals surface area contributed by atoms with E-state index in [0.29, 0.717) is 23.4 Å². The average molecular weight is 312 g/mol. The summed E-state index contributed by atoms with van der Waals surface area (Å²) in [5.74, 6) is 0.281. The lowest BCUT2D eigenvalue weighted by molar-refractivity contribution is 0.0953. The van der Waals surface area contributed by atoms with Crippen molar-refractivity contribution in [2.24, 2.45) is 0 Å². The van der Waals surface area contributed by atoms with E-state index in [9.17, 15) is 9.59 Å². The number of rotatable bonds is 6. The third kappa shape index (κ3) is 4.57. The molecule has 0 spiro atoms. The summed E-state index contributed by atoms with van der Waals surface area (Å²) in [5, 5.41) is 5.59. The smallest absolute Gasteiger partial charge is 0.255 e. The molecule has 0 radical (unpaired) electrons. The van der Waals surface area contributed by atoms with Crippen molar-refractivity contribution >= 4 is 17.5 Å². The number of hydrogen-bond acceptors (Lipinski definition) is 3. The second-order valence-corrected chi connectivity index (χ2v) is 5.02. The normalized spacial score (nSPS) is 10.0. The number of methoxy groups -OCH3 is 1. The summed E-state index contributed by atoms with van der Waals surface area (Å²) in [6.45, 7) is 2.60. The maximum absolute atomic E-state index is 12.3. The van der Waals surface area contributed by atoms with Crippen molar-refractivity contribution < 1.29 is 14.3 Å². The van der Waals surface area contributed by atoms with Gasteiger partial charge in [0.15, 0.2) is 0 Å². The molecule has 0 aromatic heterocycles. The van der Waals surface area contributed by atoms with Crippen LogP contribution in [0.2, 0.25) is 0 Å². The van der Waals surface area contributed by atoms with Gasteiger partial charge < -0.3 is 15.4 Å². The highest BCUT2D eigenvalue weighted by Gasteiger charge is 2.10. The number of carbonyl (C=O) groups is 2. The number of carbonyl (C=O) groups excluding carboxylic acids is 2. The summed E-state index contributed by atoms with van der Waals surface area (Å²) in [5.41, 5.74) is 1.57. The number of ether oxygens (including phenoxy) is 1. The molecule has 0 saturated heterocycles. The topological polar surface area (TPSA) is 67.4 Å². The van der Waals surface area contributed by atoms with E-state index in [-0.39, 0.29) is 11.8 Å². The Morgan fingerprint density at radius 2 is 1.65 bits per heavy atom.